The number of pyridine rings is 1. The molecule has 0 radical (unpaired) electrons. The number of carbonyl (C=O) groups is 2. The van der Waals surface area contributed by atoms with E-state index in [1.165, 1.54) is 5.32 Å². The Morgan fingerprint density at radius 2 is 1.61 bits per heavy atom. The molecule has 13 heteroatoms. The van der Waals surface area contributed by atoms with Crippen molar-refractivity contribution < 1.29 is 40.7 Å². The number of ether oxygens (including phenoxy) is 1. The number of alkyl halides is 6. The summed E-state index contributed by atoms with van der Waals surface area (Å²) in [7, 11) is 0.985. The number of carbonyl (C=O) groups excluding carboxylic acids is 2. The van der Waals surface area contributed by atoms with E-state index >= 15 is 0 Å². The molecule has 0 spiro atoms. The molecule has 33 heavy (non-hydrogen) atoms. The van der Waals surface area contributed by atoms with E-state index in [2.05, 4.69) is 9.72 Å². The van der Waals surface area contributed by atoms with Crippen LogP contribution < -0.4 is 10.6 Å². The Labute approximate surface area is 188 Å². The predicted molar refractivity (Wildman–Crippen MR) is 107 cm³/mol. The van der Waals surface area contributed by atoms with Gasteiger partial charge in [0.15, 0.2) is 0 Å². The van der Waals surface area contributed by atoms with Crippen molar-refractivity contribution in [2.75, 3.05) is 12.4 Å². The van der Waals surface area contributed by atoms with E-state index in [1.54, 1.807) is 0 Å². The molecule has 1 aliphatic rings. The largest absolute Gasteiger partial charge is 0.465 e. The lowest BCUT2D eigenvalue weighted by atomic mass is 10.0. The number of fused-ring (bicyclic) bond motifs is 1. The highest BCUT2D eigenvalue weighted by Gasteiger charge is 2.73. The molecule has 0 fully saturated rings. The van der Waals surface area contributed by atoms with Crippen LogP contribution in [-0.2, 0) is 17.6 Å². The third kappa shape index (κ3) is 4.77. The number of nitrogens with one attached hydrogen (secondary N) is 2. The van der Waals surface area contributed by atoms with Crippen LogP contribution in [0.2, 0.25) is 0 Å². The first-order chi connectivity index (χ1) is 15.4. The molecule has 0 aliphatic heterocycles. The standard InChI is InChI=1S/C20H19F6N3O3S/c1-32-17(31)14-12-5-3-2-4-6-13(12)33-16(14)29-18(19(21,22)23,20(24,25)26)28-15(30)11-7-9-27-10-8-11/h7-10,29H,2-6H2,1H3,(H,28,30). The highest BCUT2D eigenvalue weighted by molar-refractivity contribution is 7.16. The van der Waals surface area contributed by atoms with Gasteiger partial charge in [-0.1, -0.05) is 6.42 Å². The lowest BCUT2D eigenvalue weighted by molar-refractivity contribution is -0.293. The zero-order valence-electron chi connectivity index (χ0n) is 17.2. The summed E-state index contributed by atoms with van der Waals surface area (Å²) in [5.74, 6) is -2.69. The number of aromatic nitrogens is 1. The second kappa shape index (κ2) is 9.20. The topological polar surface area (TPSA) is 80.3 Å². The Kier molecular flexibility index (Phi) is 6.91. The Bertz CT molecular complexity index is 1010. The summed E-state index contributed by atoms with van der Waals surface area (Å²) < 4.78 is 89.1. The van der Waals surface area contributed by atoms with Crippen LogP contribution in [0.15, 0.2) is 24.5 Å². The van der Waals surface area contributed by atoms with Crippen molar-refractivity contribution in [1.29, 1.82) is 0 Å². The average Bonchev–Trinajstić information content (AvgIpc) is 2.91. The minimum Gasteiger partial charge on any atom is -0.465 e. The maximum atomic E-state index is 14.1. The first kappa shape index (κ1) is 24.8. The molecule has 0 saturated carbocycles. The fraction of sp³-hybridized carbons (Fsp3) is 0.450. The van der Waals surface area contributed by atoms with E-state index in [0.29, 0.717) is 47.5 Å². The number of halogens is 6. The summed E-state index contributed by atoms with van der Waals surface area (Å²) in [5, 5.41) is 1.87. The molecule has 2 aromatic heterocycles. The summed E-state index contributed by atoms with van der Waals surface area (Å²) in [4.78, 5) is 28.9. The zero-order valence-corrected chi connectivity index (χ0v) is 18.0. The van der Waals surface area contributed by atoms with Gasteiger partial charge in [-0.2, -0.15) is 26.3 Å². The van der Waals surface area contributed by atoms with Crippen molar-refractivity contribution in [2.45, 2.75) is 50.1 Å². The summed E-state index contributed by atoms with van der Waals surface area (Å²) in [6.45, 7) is 0. The van der Waals surface area contributed by atoms with Gasteiger partial charge in [0.25, 0.3) is 5.91 Å². The minimum absolute atomic E-state index is 0.312. The number of thiophene rings is 1. The molecule has 6 nitrogen and oxygen atoms in total. The maximum absolute atomic E-state index is 14.1. The van der Waals surface area contributed by atoms with Crippen LogP contribution in [0.5, 0.6) is 0 Å². The van der Waals surface area contributed by atoms with E-state index in [4.69, 9.17) is 0 Å². The Morgan fingerprint density at radius 1 is 1.00 bits per heavy atom. The molecular formula is C20H19F6N3O3S. The van der Waals surface area contributed by atoms with Crippen molar-refractivity contribution in [3.8, 4) is 0 Å². The summed E-state index contributed by atoms with van der Waals surface area (Å²) in [6.07, 6.45) is -7.13. The van der Waals surface area contributed by atoms with E-state index in [-0.39, 0.29) is 5.56 Å². The smallest absolute Gasteiger partial charge is 0.439 e. The molecule has 2 heterocycles. The van der Waals surface area contributed by atoms with Gasteiger partial charge in [0.1, 0.15) is 5.00 Å². The molecule has 3 rings (SSSR count). The van der Waals surface area contributed by atoms with Crippen molar-refractivity contribution >= 4 is 28.2 Å². The van der Waals surface area contributed by atoms with Gasteiger partial charge in [0.05, 0.1) is 12.7 Å². The van der Waals surface area contributed by atoms with Crippen LogP contribution in [-0.4, -0.2) is 42.0 Å². The molecule has 2 N–H and O–H groups in total. The van der Waals surface area contributed by atoms with Gasteiger partial charge in [0.2, 0.25) is 0 Å². The monoisotopic (exact) mass is 495 g/mol. The number of esters is 1. The van der Waals surface area contributed by atoms with Crippen LogP contribution in [0.3, 0.4) is 0 Å². The van der Waals surface area contributed by atoms with Crippen molar-refractivity contribution in [2.24, 2.45) is 0 Å². The highest BCUT2D eigenvalue weighted by Crippen LogP contribution is 2.47. The first-order valence-corrected chi connectivity index (χ1v) is 10.6. The van der Waals surface area contributed by atoms with Gasteiger partial charge in [-0.15, -0.1) is 11.3 Å². The number of methoxy groups -OCH3 is 1. The van der Waals surface area contributed by atoms with Gasteiger partial charge in [-0.3, -0.25) is 9.78 Å². The molecule has 2 aromatic rings. The van der Waals surface area contributed by atoms with Crippen molar-refractivity contribution in [3.05, 3.63) is 46.1 Å². The Hall–Kier alpha value is -2.83. The second-order valence-corrected chi connectivity index (χ2v) is 8.43. The number of hydrogen-bond acceptors (Lipinski definition) is 6. The Balaban J connectivity index is 2.15. The van der Waals surface area contributed by atoms with E-state index in [9.17, 15) is 35.9 Å². The molecule has 1 amide bonds. The van der Waals surface area contributed by atoms with Gasteiger partial charge in [-0.05, 0) is 43.4 Å². The van der Waals surface area contributed by atoms with Crippen LogP contribution in [0.1, 0.15) is 50.4 Å². The van der Waals surface area contributed by atoms with Crippen molar-refractivity contribution in [1.82, 2.24) is 10.3 Å². The number of nitrogens with zero attached hydrogens (tertiary/aromatic N) is 1. The predicted octanol–water partition coefficient (Wildman–Crippen LogP) is 4.86. The summed E-state index contributed by atoms with van der Waals surface area (Å²) in [6, 6.07) is 1.94. The van der Waals surface area contributed by atoms with E-state index in [0.717, 1.165) is 43.4 Å². The lowest BCUT2D eigenvalue weighted by Gasteiger charge is -2.38. The van der Waals surface area contributed by atoms with Crippen LogP contribution in [0, 0.1) is 0 Å². The van der Waals surface area contributed by atoms with Crippen LogP contribution >= 0.6 is 11.3 Å². The first-order valence-electron chi connectivity index (χ1n) is 9.78. The van der Waals surface area contributed by atoms with Gasteiger partial charge in [-0.25, -0.2) is 4.79 Å². The minimum atomic E-state index is -6.03. The number of rotatable bonds is 5. The molecule has 0 bridgehead atoms. The molecule has 1 aliphatic carbocycles. The van der Waals surface area contributed by atoms with Crippen molar-refractivity contribution in [3.63, 3.8) is 0 Å². The third-order valence-corrected chi connectivity index (χ3v) is 6.41. The molecule has 180 valence electrons. The molecule has 0 saturated heterocycles. The number of amides is 1. The number of aryl methyl sites for hydroxylation is 1. The number of hydrogen-bond donors (Lipinski definition) is 2. The normalized spacial score (nSPS) is 14.8. The summed E-state index contributed by atoms with van der Waals surface area (Å²) >= 11 is 0.628. The average molecular weight is 495 g/mol. The van der Waals surface area contributed by atoms with Gasteiger partial charge >= 0.3 is 24.0 Å². The fourth-order valence-corrected chi connectivity index (χ4v) is 4.87. The fourth-order valence-electron chi connectivity index (χ4n) is 3.54. The third-order valence-electron chi connectivity index (χ3n) is 5.21. The van der Waals surface area contributed by atoms with Crippen LogP contribution in [0.4, 0.5) is 31.3 Å². The SMILES string of the molecule is COC(=O)c1c(NC(NC(=O)c2ccncc2)(C(F)(F)F)C(F)(F)F)sc2c1CCCCC2. The highest BCUT2D eigenvalue weighted by atomic mass is 32.1. The quantitative estimate of drug-likeness (QED) is 0.268. The maximum Gasteiger partial charge on any atom is 0.439 e. The van der Waals surface area contributed by atoms with E-state index < -0.39 is 40.5 Å². The lowest BCUT2D eigenvalue weighted by Crippen LogP contribution is -2.72. The summed E-state index contributed by atoms with van der Waals surface area (Å²) in [5.41, 5.74) is -5.34. The zero-order chi connectivity index (χ0) is 24.4. The molecule has 0 atom stereocenters. The Morgan fingerprint density at radius 3 is 2.18 bits per heavy atom. The van der Waals surface area contributed by atoms with Gasteiger partial charge < -0.3 is 15.4 Å². The number of anilines is 1. The second-order valence-electron chi connectivity index (χ2n) is 7.32. The molecule has 0 unspecified atom stereocenters. The van der Waals surface area contributed by atoms with E-state index in [1.807, 2.05) is 0 Å². The molecular weight excluding hydrogens is 476 g/mol. The van der Waals surface area contributed by atoms with Crippen LogP contribution in [0.25, 0.3) is 0 Å². The van der Waals surface area contributed by atoms with Gasteiger partial charge in [0, 0.05) is 22.8 Å². The molecule has 0 aromatic carbocycles.